The molecule has 1 fully saturated rings. The zero-order valence-corrected chi connectivity index (χ0v) is 20.9. The van der Waals surface area contributed by atoms with E-state index in [1.807, 2.05) is 0 Å². The number of carbonyl (C=O) groups excluding carboxylic acids is 2. The van der Waals surface area contributed by atoms with Crippen molar-refractivity contribution in [2.45, 2.75) is 89.5 Å². The molecule has 0 bridgehead atoms. The highest BCUT2D eigenvalue weighted by molar-refractivity contribution is 6.00. The summed E-state index contributed by atoms with van der Waals surface area (Å²) >= 11 is 0. The van der Waals surface area contributed by atoms with Crippen molar-refractivity contribution in [2.24, 2.45) is 5.92 Å². The molecule has 2 amide bonds. The van der Waals surface area contributed by atoms with Crippen LogP contribution in [0.25, 0.3) is 11.1 Å². The molecule has 4 rings (SSSR count). The van der Waals surface area contributed by atoms with Gasteiger partial charge >= 0.3 is 0 Å². The average molecular weight is 461 g/mol. The zero-order chi connectivity index (χ0) is 24.0. The molecule has 2 atom stereocenters. The Morgan fingerprint density at radius 1 is 0.912 bits per heavy atom. The number of benzene rings is 2. The topological polar surface area (TPSA) is 58.2 Å². The first-order valence-electron chi connectivity index (χ1n) is 13.3. The van der Waals surface area contributed by atoms with E-state index in [-0.39, 0.29) is 11.8 Å². The molecule has 2 aromatic carbocycles. The Kier molecular flexibility index (Phi) is 8.07. The Morgan fingerprint density at radius 3 is 2.24 bits per heavy atom. The van der Waals surface area contributed by atoms with Gasteiger partial charge in [-0.05, 0) is 60.3 Å². The molecule has 0 aromatic heterocycles. The second kappa shape index (κ2) is 11.2. The maximum Gasteiger partial charge on any atom is 0.235 e. The third-order valence-electron chi connectivity index (χ3n) is 7.90. The van der Waals surface area contributed by atoms with E-state index in [0.717, 1.165) is 55.6 Å². The van der Waals surface area contributed by atoms with Gasteiger partial charge in [-0.25, -0.2) is 0 Å². The summed E-state index contributed by atoms with van der Waals surface area (Å²) in [6.07, 6.45) is 11.0. The molecule has 2 unspecified atom stereocenters. The van der Waals surface area contributed by atoms with E-state index in [1.165, 1.54) is 36.8 Å². The minimum Gasteiger partial charge on any atom is -0.355 e. The number of amides is 2. The Balaban J connectivity index is 1.47. The van der Waals surface area contributed by atoms with Gasteiger partial charge in [-0.3, -0.25) is 9.59 Å². The molecule has 0 radical (unpaired) electrons. The molecule has 2 N–H and O–H groups in total. The average Bonchev–Trinajstić information content (AvgIpc) is 2.95. The van der Waals surface area contributed by atoms with Crippen LogP contribution in [-0.4, -0.2) is 24.4 Å². The van der Waals surface area contributed by atoms with E-state index < -0.39 is 5.41 Å². The van der Waals surface area contributed by atoms with Crippen LogP contribution in [0, 0.1) is 5.92 Å². The highest BCUT2D eigenvalue weighted by Gasteiger charge is 2.48. The van der Waals surface area contributed by atoms with Crippen LogP contribution < -0.4 is 10.6 Å². The highest BCUT2D eigenvalue weighted by atomic mass is 16.2. The van der Waals surface area contributed by atoms with Crippen molar-refractivity contribution < 1.29 is 9.59 Å². The van der Waals surface area contributed by atoms with E-state index in [1.54, 1.807) is 6.92 Å². The van der Waals surface area contributed by atoms with Gasteiger partial charge in [0, 0.05) is 19.5 Å². The summed E-state index contributed by atoms with van der Waals surface area (Å²) in [6.45, 7) is 4.43. The van der Waals surface area contributed by atoms with Crippen molar-refractivity contribution in [1.82, 2.24) is 10.6 Å². The molecule has 4 heteroatoms. The summed E-state index contributed by atoms with van der Waals surface area (Å²) in [4.78, 5) is 25.2. The van der Waals surface area contributed by atoms with Gasteiger partial charge in [-0.15, -0.1) is 0 Å². The van der Waals surface area contributed by atoms with Crippen LogP contribution in [0.15, 0.2) is 48.5 Å². The minimum absolute atomic E-state index is 0.0900. The monoisotopic (exact) mass is 460 g/mol. The molecule has 0 saturated heterocycles. The van der Waals surface area contributed by atoms with E-state index in [0.29, 0.717) is 12.6 Å². The molecule has 182 valence electrons. The van der Waals surface area contributed by atoms with Gasteiger partial charge in [-0.2, -0.15) is 0 Å². The molecule has 4 nitrogen and oxygen atoms in total. The molecule has 0 heterocycles. The van der Waals surface area contributed by atoms with Gasteiger partial charge in [0.15, 0.2) is 0 Å². The van der Waals surface area contributed by atoms with Crippen LogP contribution in [0.5, 0.6) is 0 Å². The molecule has 2 aliphatic carbocycles. The van der Waals surface area contributed by atoms with Crippen LogP contribution in [0.3, 0.4) is 0 Å². The summed E-state index contributed by atoms with van der Waals surface area (Å²) in [5.74, 6) is 0.971. The number of hydrogen-bond acceptors (Lipinski definition) is 2. The molecule has 1 saturated carbocycles. The smallest absolute Gasteiger partial charge is 0.235 e. The Labute approximate surface area is 204 Å². The van der Waals surface area contributed by atoms with Gasteiger partial charge < -0.3 is 10.6 Å². The summed E-state index contributed by atoms with van der Waals surface area (Å²) in [6, 6.07) is 17.3. The maximum atomic E-state index is 13.8. The molecule has 2 aromatic rings. The predicted molar refractivity (Wildman–Crippen MR) is 139 cm³/mol. The van der Waals surface area contributed by atoms with E-state index in [4.69, 9.17) is 0 Å². The number of carbonyl (C=O) groups is 2. The molecular weight excluding hydrogens is 420 g/mol. The summed E-state index contributed by atoms with van der Waals surface area (Å²) in [7, 11) is 0. The lowest BCUT2D eigenvalue weighted by Gasteiger charge is -2.31. The normalized spacial score (nSPS) is 20.6. The van der Waals surface area contributed by atoms with Crippen molar-refractivity contribution in [2.75, 3.05) is 6.54 Å². The molecule has 0 aliphatic heterocycles. The van der Waals surface area contributed by atoms with Crippen LogP contribution in [-0.2, 0) is 15.0 Å². The van der Waals surface area contributed by atoms with Crippen LogP contribution in [0.2, 0.25) is 0 Å². The van der Waals surface area contributed by atoms with Crippen molar-refractivity contribution in [1.29, 1.82) is 0 Å². The Morgan fingerprint density at radius 2 is 1.59 bits per heavy atom. The second-order valence-corrected chi connectivity index (χ2v) is 10.3. The summed E-state index contributed by atoms with van der Waals surface area (Å²) < 4.78 is 0. The Bertz CT molecular complexity index is 953. The number of nitrogens with one attached hydrogen (secondary N) is 2. The first kappa shape index (κ1) is 24.5. The first-order valence-corrected chi connectivity index (χ1v) is 13.3. The standard InChI is InChI=1S/C30H40N2O2/c1-3-21-31-29(34)30(27-16-6-4-14-25(27)26-15-5-7-17-28(26)30)20-9-8-11-23-12-10-13-24(19-18-23)32-22(2)33/h4-7,14-17,23-24H,3,8-13,18-21H2,1-2H3,(H,31,34)(H,32,33). The third kappa shape index (κ3) is 5.06. The SMILES string of the molecule is CCCNC(=O)C1(CCCCC2CCCC(NC(C)=O)CC2)c2ccccc2-c2ccccc21. The second-order valence-electron chi connectivity index (χ2n) is 10.3. The molecule has 0 spiro atoms. The number of hydrogen-bond donors (Lipinski definition) is 2. The summed E-state index contributed by atoms with van der Waals surface area (Å²) in [5.41, 5.74) is 4.15. The van der Waals surface area contributed by atoms with Crippen molar-refractivity contribution in [3.8, 4) is 11.1 Å². The zero-order valence-electron chi connectivity index (χ0n) is 20.9. The minimum atomic E-state index is -0.595. The quantitative estimate of drug-likeness (QED) is 0.350. The van der Waals surface area contributed by atoms with Gasteiger partial charge in [0.2, 0.25) is 11.8 Å². The largest absolute Gasteiger partial charge is 0.355 e. The number of fused-ring (bicyclic) bond motifs is 3. The lowest BCUT2D eigenvalue weighted by Crippen LogP contribution is -2.44. The van der Waals surface area contributed by atoms with Crippen LogP contribution >= 0.6 is 0 Å². The number of rotatable bonds is 9. The first-order chi connectivity index (χ1) is 16.6. The van der Waals surface area contributed by atoms with E-state index in [9.17, 15) is 9.59 Å². The van der Waals surface area contributed by atoms with Crippen LogP contribution in [0.4, 0.5) is 0 Å². The van der Waals surface area contributed by atoms with E-state index >= 15 is 0 Å². The lowest BCUT2D eigenvalue weighted by atomic mass is 9.73. The third-order valence-corrected chi connectivity index (χ3v) is 7.90. The lowest BCUT2D eigenvalue weighted by molar-refractivity contribution is -0.125. The molecule has 34 heavy (non-hydrogen) atoms. The van der Waals surface area contributed by atoms with Crippen LogP contribution in [0.1, 0.15) is 89.2 Å². The number of unbranched alkanes of at least 4 members (excludes halogenated alkanes) is 1. The fraction of sp³-hybridized carbons (Fsp3) is 0.533. The molecular formula is C30H40N2O2. The van der Waals surface area contributed by atoms with Gasteiger partial charge in [0.25, 0.3) is 0 Å². The van der Waals surface area contributed by atoms with E-state index in [2.05, 4.69) is 66.1 Å². The predicted octanol–water partition coefficient (Wildman–Crippen LogP) is 6.12. The fourth-order valence-electron chi connectivity index (χ4n) is 6.26. The Hall–Kier alpha value is -2.62. The van der Waals surface area contributed by atoms with Crippen molar-refractivity contribution in [3.05, 3.63) is 59.7 Å². The fourth-order valence-corrected chi connectivity index (χ4v) is 6.26. The molecule has 2 aliphatic rings. The van der Waals surface area contributed by atoms with Gasteiger partial charge in [-0.1, -0.05) is 87.6 Å². The summed E-state index contributed by atoms with van der Waals surface area (Å²) in [5, 5.41) is 6.36. The van der Waals surface area contributed by atoms with Crippen molar-refractivity contribution in [3.63, 3.8) is 0 Å². The van der Waals surface area contributed by atoms with Crippen molar-refractivity contribution >= 4 is 11.8 Å². The van der Waals surface area contributed by atoms with Gasteiger partial charge in [0.1, 0.15) is 5.41 Å². The van der Waals surface area contributed by atoms with Gasteiger partial charge in [0.05, 0.1) is 0 Å². The maximum absolute atomic E-state index is 13.8. The highest BCUT2D eigenvalue weighted by Crippen LogP contribution is 2.51.